The van der Waals surface area contributed by atoms with E-state index in [1.54, 1.807) is 18.2 Å². The Morgan fingerprint density at radius 2 is 2.10 bits per heavy atom. The molecule has 1 amide bonds. The van der Waals surface area contributed by atoms with Gasteiger partial charge in [0.2, 0.25) is 0 Å². The normalized spacial score (nSPS) is 19.2. The van der Waals surface area contributed by atoms with Crippen LogP contribution in [0.25, 0.3) is 10.9 Å². The van der Waals surface area contributed by atoms with Crippen LogP contribution in [0.3, 0.4) is 0 Å². The second kappa shape index (κ2) is 10.3. The fraction of sp³-hybridized carbons (Fsp3) is 0.250. The SMILES string of the molecule is C=C/C=C\C=C1\C(=O)NNC(=NCCCNC(=C)Cc2c[nH]c3ccccc23)C1C. The summed E-state index contributed by atoms with van der Waals surface area (Å²) in [7, 11) is 0. The number of hydrogen-bond donors (Lipinski definition) is 4. The number of aromatic amines is 1. The Balaban J connectivity index is 1.45. The van der Waals surface area contributed by atoms with Crippen LogP contribution in [0.5, 0.6) is 0 Å². The van der Waals surface area contributed by atoms with E-state index in [0.717, 1.165) is 36.4 Å². The molecule has 6 nitrogen and oxygen atoms in total. The van der Waals surface area contributed by atoms with Gasteiger partial charge in [-0.25, -0.2) is 0 Å². The van der Waals surface area contributed by atoms with E-state index in [1.165, 1.54) is 10.9 Å². The molecule has 2 aromatic rings. The van der Waals surface area contributed by atoms with Crippen molar-refractivity contribution in [1.29, 1.82) is 0 Å². The van der Waals surface area contributed by atoms with Gasteiger partial charge in [0.1, 0.15) is 5.84 Å². The number of aromatic nitrogens is 1. The Hall–Kier alpha value is -3.54. The van der Waals surface area contributed by atoms with Crippen LogP contribution < -0.4 is 16.2 Å². The third-order valence-corrected chi connectivity index (χ3v) is 5.04. The topological polar surface area (TPSA) is 81.3 Å². The predicted octanol–water partition coefficient (Wildman–Crippen LogP) is 3.54. The summed E-state index contributed by atoms with van der Waals surface area (Å²) in [5.74, 6) is 0.550. The van der Waals surface area contributed by atoms with Gasteiger partial charge in [-0.2, -0.15) is 0 Å². The number of fused-ring (bicyclic) bond motifs is 1. The van der Waals surface area contributed by atoms with Gasteiger partial charge in [0, 0.05) is 53.8 Å². The quantitative estimate of drug-likeness (QED) is 0.294. The maximum Gasteiger partial charge on any atom is 0.266 e. The molecule has 0 aliphatic carbocycles. The average molecular weight is 404 g/mol. The Morgan fingerprint density at radius 3 is 2.93 bits per heavy atom. The number of allylic oxidation sites excluding steroid dienone is 5. The van der Waals surface area contributed by atoms with E-state index in [1.807, 2.05) is 31.3 Å². The van der Waals surface area contributed by atoms with Crippen molar-refractivity contribution in [2.75, 3.05) is 13.1 Å². The molecule has 1 aromatic heterocycles. The summed E-state index contributed by atoms with van der Waals surface area (Å²) in [6.45, 7) is 11.2. The Labute approximate surface area is 177 Å². The largest absolute Gasteiger partial charge is 0.388 e. The summed E-state index contributed by atoms with van der Waals surface area (Å²) < 4.78 is 0. The molecular weight excluding hydrogens is 374 g/mol. The van der Waals surface area contributed by atoms with Gasteiger partial charge in [-0.1, -0.05) is 62.6 Å². The van der Waals surface area contributed by atoms with Gasteiger partial charge in [-0.3, -0.25) is 20.6 Å². The average Bonchev–Trinajstić information content (AvgIpc) is 3.14. The molecule has 1 aromatic carbocycles. The minimum Gasteiger partial charge on any atom is -0.388 e. The van der Waals surface area contributed by atoms with Gasteiger partial charge in [0.25, 0.3) is 5.91 Å². The summed E-state index contributed by atoms with van der Waals surface area (Å²) in [4.78, 5) is 19.9. The van der Waals surface area contributed by atoms with Crippen molar-refractivity contribution in [3.05, 3.63) is 84.8 Å². The predicted molar refractivity (Wildman–Crippen MR) is 124 cm³/mol. The first-order valence-corrected chi connectivity index (χ1v) is 10.2. The van der Waals surface area contributed by atoms with Crippen molar-refractivity contribution < 1.29 is 4.79 Å². The molecule has 1 saturated heterocycles. The number of H-pyrrole nitrogens is 1. The van der Waals surface area contributed by atoms with Crippen LogP contribution in [0.15, 0.2) is 84.2 Å². The van der Waals surface area contributed by atoms with Gasteiger partial charge in [0.15, 0.2) is 0 Å². The molecule has 0 spiro atoms. The van der Waals surface area contributed by atoms with Crippen LogP contribution >= 0.6 is 0 Å². The Bertz CT molecular complexity index is 1010. The molecule has 1 fully saturated rings. The lowest BCUT2D eigenvalue weighted by Gasteiger charge is -2.25. The van der Waals surface area contributed by atoms with Gasteiger partial charge in [0.05, 0.1) is 0 Å². The first-order chi connectivity index (χ1) is 14.6. The zero-order chi connectivity index (χ0) is 21.3. The number of aliphatic imine (C=N–C) groups is 1. The highest BCUT2D eigenvalue weighted by Crippen LogP contribution is 2.19. The Kier molecular flexibility index (Phi) is 7.27. The number of carbonyl (C=O) groups is 1. The van der Waals surface area contributed by atoms with Crippen molar-refractivity contribution in [1.82, 2.24) is 21.2 Å². The van der Waals surface area contributed by atoms with Crippen molar-refractivity contribution in [3.63, 3.8) is 0 Å². The molecule has 6 heteroatoms. The summed E-state index contributed by atoms with van der Waals surface area (Å²) in [6, 6.07) is 8.28. The number of nitrogens with zero attached hydrogens (tertiary/aromatic N) is 1. The van der Waals surface area contributed by atoms with E-state index < -0.39 is 0 Å². The smallest absolute Gasteiger partial charge is 0.266 e. The van der Waals surface area contributed by atoms with Crippen LogP contribution in [-0.2, 0) is 11.2 Å². The van der Waals surface area contributed by atoms with E-state index in [-0.39, 0.29) is 11.8 Å². The third kappa shape index (κ3) is 5.29. The highest BCUT2D eigenvalue weighted by Gasteiger charge is 2.26. The summed E-state index contributed by atoms with van der Waals surface area (Å²) in [6.07, 6.45) is 10.8. The number of amidine groups is 1. The fourth-order valence-electron chi connectivity index (χ4n) is 3.39. The summed E-state index contributed by atoms with van der Waals surface area (Å²) in [5.41, 5.74) is 9.62. The van der Waals surface area contributed by atoms with Crippen LogP contribution in [0, 0.1) is 5.92 Å². The highest BCUT2D eigenvalue weighted by atomic mass is 16.2. The number of hydrogen-bond acceptors (Lipinski definition) is 3. The first kappa shape index (κ1) is 21.2. The number of para-hydroxylation sites is 1. The number of amides is 1. The van der Waals surface area contributed by atoms with Gasteiger partial charge >= 0.3 is 0 Å². The molecule has 0 radical (unpaired) electrons. The minimum absolute atomic E-state index is 0.0852. The van der Waals surface area contributed by atoms with Crippen molar-refractivity contribution in [2.24, 2.45) is 10.9 Å². The molecule has 1 aliphatic heterocycles. The van der Waals surface area contributed by atoms with Crippen LogP contribution in [0.4, 0.5) is 0 Å². The van der Waals surface area contributed by atoms with Crippen LogP contribution in [-0.4, -0.2) is 29.8 Å². The van der Waals surface area contributed by atoms with Gasteiger partial charge < -0.3 is 10.3 Å². The molecule has 0 bridgehead atoms. The fourth-order valence-corrected chi connectivity index (χ4v) is 3.39. The van der Waals surface area contributed by atoms with Gasteiger partial charge in [-0.05, 0) is 18.1 Å². The summed E-state index contributed by atoms with van der Waals surface area (Å²) >= 11 is 0. The Morgan fingerprint density at radius 1 is 1.27 bits per heavy atom. The molecule has 0 saturated carbocycles. The van der Waals surface area contributed by atoms with Crippen LogP contribution in [0.1, 0.15) is 18.9 Å². The maximum atomic E-state index is 12.0. The maximum absolute atomic E-state index is 12.0. The second-order valence-corrected chi connectivity index (χ2v) is 7.23. The van der Waals surface area contributed by atoms with E-state index in [2.05, 4.69) is 51.4 Å². The van der Waals surface area contributed by atoms with Crippen molar-refractivity contribution in [2.45, 2.75) is 19.8 Å². The van der Waals surface area contributed by atoms with Crippen molar-refractivity contribution in [3.8, 4) is 0 Å². The molecule has 1 aliphatic rings. The first-order valence-electron chi connectivity index (χ1n) is 10.2. The molecule has 1 atom stereocenters. The number of hydrazine groups is 1. The lowest BCUT2D eigenvalue weighted by molar-refractivity contribution is -0.118. The number of rotatable bonds is 9. The second-order valence-electron chi connectivity index (χ2n) is 7.23. The van der Waals surface area contributed by atoms with Crippen molar-refractivity contribution >= 4 is 22.6 Å². The lowest BCUT2D eigenvalue weighted by Crippen LogP contribution is -2.52. The van der Waals surface area contributed by atoms with E-state index in [9.17, 15) is 4.79 Å². The molecule has 1 unspecified atom stereocenters. The molecule has 3 rings (SSSR count). The summed E-state index contributed by atoms with van der Waals surface area (Å²) in [5, 5.41) is 4.62. The molecular formula is C24H29N5O. The van der Waals surface area contributed by atoms with E-state index >= 15 is 0 Å². The van der Waals surface area contributed by atoms with Gasteiger partial charge in [-0.15, -0.1) is 0 Å². The highest BCUT2D eigenvalue weighted by molar-refractivity contribution is 6.05. The number of benzene rings is 1. The van der Waals surface area contributed by atoms with E-state index in [0.29, 0.717) is 12.1 Å². The zero-order valence-corrected chi connectivity index (χ0v) is 17.4. The third-order valence-electron chi connectivity index (χ3n) is 5.04. The minimum atomic E-state index is -0.134. The van der Waals surface area contributed by atoms with E-state index in [4.69, 9.17) is 0 Å². The standard InChI is InChI=1S/C24H29N5O/c1-4-5-6-10-20-18(3)23(28-29-24(20)30)26-14-9-13-25-17(2)15-19-16-27-22-12-8-7-11-21(19)22/h4-8,10-12,16,18,25,27H,1-2,9,13-15H2,3H3,(H,26,28)(H,29,30)/b6-5-,20-10+. The lowest BCUT2D eigenvalue weighted by atomic mass is 9.97. The monoisotopic (exact) mass is 403 g/mol. The molecule has 2 heterocycles. The van der Waals surface area contributed by atoms with Crippen LogP contribution in [0.2, 0.25) is 0 Å². The molecule has 30 heavy (non-hydrogen) atoms. The zero-order valence-electron chi connectivity index (χ0n) is 17.4. The number of carbonyl (C=O) groups excluding carboxylic acids is 1. The molecule has 4 N–H and O–H groups in total. The number of nitrogens with one attached hydrogen (secondary N) is 4. The molecule has 156 valence electrons.